The average Bonchev–Trinajstić information content (AvgIpc) is 2.83. The quantitative estimate of drug-likeness (QED) is 0.873. The molecule has 3 nitrogen and oxygen atoms in total. The monoisotopic (exact) mass is 247 g/mol. The molecular weight excluding hydrogens is 222 g/mol. The lowest BCUT2D eigenvalue weighted by molar-refractivity contribution is 0.116. The van der Waals surface area contributed by atoms with Gasteiger partial charge in [-0.25, -0.2) is 0 Å². The first-order chi connectivity index (χ1) is 8.75. The van der Waals surface area contributed by atoms with Crippen LogP contribution >= 0.6 is 0 Å². The molecule has 1 heterocycles. The minimum atomic E-state index is 0.181. The molecule has 0 bridgehead atoms. The van der Waals surface area contributed by atoms with Crippen molar-refractivity contribution in [2.75, 3.05) is 0 Å². The number of rotatable bonds is 2. The van der Waals surface area contributed by atoms with E-state index in [-0.39, 0.29) is 6.04 Å². The second-order valence-corrected chi connectivity index (χ2v) is 6.28. The van der Waals surface area contributed by atoms with Crippen LogP contribution in [-0.4, -0.2) is 9.78 Å². The van der Waals surface area contributed by atoms with Crippen LogP contribution in [0.25, 0.3) is 0 Å². The SMILES string of the molecule is Cn1nccc1C(N)C1CCC2CCCCC2C1. The van der Waals surface area contributed by atoms with Crippen LogP contribution in [0, 0.1) is 17.8 Å². The van der Waals surface area contributed by atoms with Crippen molar-refractivity contribution in [2.45, 2.75) is 51.0 Å². The molecule has 2 N–H and O–H groups in total. The van der Waals surface area contributed by atoms with Crippen LogP contribution in [0.5, 0.6) is 0 Å². The second kappa shape index (κ2) is 5.04. The van der Waals surface area contributed by atoms with E-state index in [9.17, 15) is 0 Å². The van der Waals surface area contributed by atoms with Crippen LogP contribution in [0.2, 0.25) is 0 Å². The first-order valence-electron chi connectivity index (χ1n) is 7.49. The molecule has 3 rings (SSSR count). The summed E-state index contributed by atoms with van der Waals surface area (Å²) < 4.78 is 1.94. The van der Waals surface area contributed by atoms with Crippen LogP contribution in [0.1, 0.15) is 56.7 Å². The summed E-state index contributed by atoms with van der Waals surface area (Å²) in [5, 5.41) is 4.25. The maximum absolute atomic E-state index is 6.48. The number of hydrogen-bond donors (Lipinski definition) is 1. The predicted octanol–water partition coefficient (Wildman–Crippen LogP) is 3.03. The highest BCUT2D eigenvalue weighted by molar-refractivity contribution is 5.08. The minimum Gasteiger partial charge on any atom is -0.322 e. The Kier molecular flexibility index (Phi) is 3.42. The topological polar surface area (TPSA) is 43.8 Å². The Morgan fingerprint density at radius 3 is 2.72 bits per heavy atom. The second-order valence-electron chi connectivity index (χ2n) is 6.28. The van der Waals surface area contributed by atoms with Gasteiger partial charge >= 0.3 is 0 Å². The third-order valence-electron chi connectivity index (χ3n) is 5.29. The summed E-state index contributed by atoms with van der Waals surface area (Å²) in [7, 11) is 2.00. The van der Waals surface area contributed by atoms with Crippen molar-refractivity contribution < 1.29 is 0 Å². The Bertz CT molecular complexity index is 398. The van der Waals surface area contributed by atoms with Crippen molar-refractivity contribution >= 4 is 0 Å². The van der Waals surface area contributed by atoms with E-state index in [1.807, 2.05) is 17.9 Å². The van der Waals surface area contributed by atoms with Crippen molar-refractivity contribution in [2.24, 2.45) is 30.5 Å². The van der Waals surface area contributed by atoms with E-state index in [0.29, 0.717) is 5.92 Å². The van der Waals surface area contributed by atoms with Gasteiger partial charge in [0.2, 0.25) is 0 Å². The lowest BCUT2D eigenvalue weighted by atomic mass is 9.66. The minimum absolute atomic E-state index is 0.181. The van der Waals surface area contributed by atoms with Gasteiger partial charge in [0.15, 0.2) is 0 Å². The molecule has 2 aliphatic rings. The van der Waals surface area contributed by atoms with E-state index in [1.54, 1.807) is 0 Å². The van der Waals surface area contributed by atoms with Crippen molar-refractivity contribution in [1.82, 2.24) is 9.78 Å². The summed E-state index contributed by atoms with van der Waals surface area (Å²) in [4.78, 5) is 0. The Balaban J connectivity index is 1.68. The molecule has 4 atom stereocenters. The highest BCUT2D eigenvalue weighted by Gasteiger charge is 2.35. The lowest BCUT2D eigenvalue weighted by Crippen LogP contribution is -2.33. The van der Waals surface area contributed by atoms with Crippen LogP contribution < -0.4 is 5.73 Å². The average molecular weight is 247 g/mol. The molecule has 0 saturated heterocycles. The van der Waals surface area contributed by atoms with Crippen LogP contribution in [0.3, 0.4) is 0 Å². The zero-order valence-corrected chi connectivity index (χ0v) is 11.4. The van der Waals surface area contributed by atoms with Crippen molar-refractivity contribution in [3.63, 3.8) is 0 Å². The molecule has 18 heavy (non-hydrogen) atoms. The maximum Gasteiger partial charge on any atom is 0.0550 e. The Hall–Kier alpha value is -0.830. The van der Waals surface area contributed by atoms with Gasteiger partial charge in [-0.1, -0.05) is 25.7 Å². The number of nitrogens with two attached hydrogens (primary N) is 1. The Morgan fingerprint density at radius 2 is 2.00 bits per heavy atom. The highest BCUT2D eigenvalue weighted by atomic mass is 15.3. The third kappa shape index (κ3) is 2.20. The number of fused-ring (bicyclic) bond motifs is 1. The van der Waals surface area contributed by atoms with Gasteiger partial charge in [-0.3, -0.25) is 4.68 Å². The largest absolute Gasteiger partial charge is 0.322 e. The zero-order chi connectivity index (χ0) is 12.5. The fourth-order valence-corrected chi connectivity index (χ4v) is 4.19. The van der Waals surface area contributed by atoms with Gasteiger partial charge in [0.05, 0.1) is 5.69 Å². The van der Waals surface area contributed by atoms with Gasteiger partial charge < -0.3 is 5.73 Å². The lowest BCUT2D eigenvalue weighted by Gasteiger charge is -2.41. The Morgan fingerprint density at radius 1 is 1.22 bits per heavy atom. The number of hydrogen-bond acceptors (Lipinski definition) is 2. The molecule has 2 saturated carbocycles. The molecule has 4 unspecified atom stereocenters. The van der Waals surface area contributed by atoms with Crippen LogP contribution in [0.15, 0.2) is 12.3 Å². The maximum atomic E-state index is 6.48. The summed E-state index contributed by atoms with van der Waals surface area (Å²) in [6, 6.07) is 2.26. The van der Waals surface area contributed by atoms with E-state index in [2.05, 4.69) is 11.2 Å². The molecule has 0 aliphatic heterocycles. The van der Waals surface area contributed by atoms with E-state index in [0.717, 1.165) is 11.8 Å². The summed E-state index contributed by atoms with van der Waals surface area (Å²) >= 11 is 0. The molecule has 100 valence electrons. The van der Waals surface area contributed by atoms with E-state index < -0.39 is 0 Å². The molecule has 1 aromatic rings. The van der Waals surface area contributed by atoms with Gasteiger partial charge in [-0.2, -0.15) is 5.10 Å². The van der Waals surface area contributed by atoms with Crippen molar-refractivity contribution in [3.8, 4) is 0 Å². The summed E-state index contributed by atoms with van der Waals surface area (Å²) in [5.41, 5.74) is 7.68. The molecule has 1 aromatic heterocycles. The van der Waals surface area contributed by atoms with Crippen LogP contribution in [0.4, 0.5) is 0 Å². The standard InChI is InChI=1S/C15H25N3/c1-18-14(8-9-17-18)15(16)13-7-6-11-4-2-3-5-12(11)10-13/h8-9,11-13,15H,2-7,10,16H2,1H3. The van der Waals surface area contributed by atoms with E-state index in [4.69, 9.17) is 5.73 Å². The number of aromatic nitrogens is 2. The molecule has 3 heteroatoms. The molecule has 0 aromatic carbocycles. The predicted molar refractivity (Wildman–Crippen MR) is 72.9 cm³/mol. The van der Waals surface area contributed by atoms with Crippen LogP contribution in [-0.2, 0) is 7.05 Å². The molecular formula is C15H25N3. The first-order valence-corrected chi connectivity index (χ1v) is 7.49. The summed E-state index contributed by atoms with van der Waals surface area (Å²) in [6.45, 7) is 0. The van der Waals surface area contributed by atoms with Gasteiger partial charge in [0, 0.05) is 19.3 Å². The zero-order valence-electron chi connectivity index (χ0n) is 11.4. The molecule has 0 amide bonds. The molecule has 2 aliphatic carbocycles. The van der Waals surface area contributed by atoms with E-state index in [1.165, 1.54) is 50.6 Å². The molecule has 0 radical (unpaired) electrons. The fraction of sp³-hybridized carbons (Fsp3) is 0.800. The molecule has 0 spiro atoms. The summed E-state index contributed by atoms with van der Waals surface area (Å²) in [5.74, 6) is 2.63. The number of nitrogens with zero attached hydrogens (tertiary/aromatic N) is 2. The van der Waals surface area contributed by atoms with Gasteiger partial charge in [0.25, 0.3) is 0 Å². The number of aryl methyl sites for hydroxylation is 1. The third-order valence-corrected chi connectivity index (χ3v) is 5.29. The van der Waals surface area contributed by atoms with Gasteiger partial charge in [-0.05, 0) is 43.1 Å². The van der Waals surface area contributed by atoms with Crippen molar-refractivity contribution in [1.29, 1.82) is 0 Å². The fourth-order valence-electron chi connectivity index (χ4n) is 4.19. The smallest absolute Gasteiger partial charge is 0.0550 e. The van der Waals surface area contributed by atoms with E-state index >= 15 is 0 Å². The first kappa shape index (κ1) is 12.2. The highest BCUT2D eigenvalue weighted by Crippen LogP contribution is 2.45. The van der Waals surface area contributed by atoms with Crippen molar-refractivity contribution in [3.05, 3.63) is 18.0 Å². The normalized spacial score (nSPS) is 34.0. The molecule has 2 fully saturated rings. The summed E-state index contributed by atoms with van der Waals surface area (Å²) in [6.07, 6.45) is 11.7. The van der Waals surface area contributed by atoms with Gasteiger partial charge in [0.1, 0.15) is 0 Å². The Labute approximate surface area is 110 Å². The van der Waals surface area contributed by atoms with Gasteiger partial charge in [-0.15, -0.1) is 0 Å².